The Morgan fingerprint density at radius 2 is 1.96 bits per heavy atom. The number of carbonyl (C=O) groups excluding carboxylic acids is 1. The summed E-state index contributed by atoms with van der Waals surface area (Å²) in [5.74, 6) is -0.971. The van der Waals surface area contributed by atoms with Crippen LogP contribution in [0.15, 0.2) is 36.4 Å². The van der Waals surface area contributed by atoms with Crippen LogP contribution < -0.4 is 14.8 Å². The first-order chi connectivity index (χ1) is 12.3. The zero-order valence-electron chi connectivity index (χ0n) is 13.7. The molecule has 0 bridgehead atoms. The summed E-state index contributed by atoms with van der Waals surface area (Å²) in [4.78, 5) is 11.0. The highest BCUT2D eigenvalue weighted by molar-refractivity contribution is 5.77. The molecular formula is C18H15F4NO3. The summed E-state index contributed by atoms with van der Waals surface area (Å²) in [6.45, 7) is 1.49. The number of rotatable bonds is 3. The number of hydrogen-bond acceptors (Lipinski definition) is 3. The van der Waals surface area contributed by atoms with Gasteiger partial charge in [-0.25, -0.2) is 4.39 Å². The van der Waals surface area contributed by atoms with Gasteiger partial charge in [0, 0.05) is 18.6 Å². The van der Waals surface area contributed by atoms with E-state index in [1.807, 2.05) is 0 Å². The van der Waals surface area contributed by atoms with Crippen molar-refractivity contribution in [3.63, 3.8) is 0 Å². The fourth-order valence-electron chi connectivity index (χ4n) is 2.70. The lowest BCUT2D eigenvalue weighted by Crippen LogP contribution is -2.40. The average molecular weight is 369 g/mol. The van der Waals surface area contributed by atoms with E-state index in [9.17, 15) is 22.4 Å². The van der Waals surface area contributed by atoms with E-state index in [1.165, 1.54) is 25.1 Å². The highest BCUT2D eigenvalue weighted by atomic mass is 19.4. The minimum absolute atomic E-state index is 0.0182. The maximum atomic E-state index is 13.9. The molecule has 0 saturated heterocycles. The minimum atomic E-state index is -4.61. The predicted molar refractivity (Wildman–Crippen MR) is 85.4 cm³/mol. The number of hydrogen-bond donors (Lipinski definition) is 1. The van der Waals surface area contributed by atoms with Gasteiger partial charge in [-0.05, 0) is 17.7 Å². The molecule has 2 aromatic rings. The predicted octanol–water partition coefficient (Wildman–Crippen LogP) is 3.79. The van der Waals surface area contributed by atoms with Gasteiger partial charge < -0.3 is 14.8 Å². The first kappa shape index (κ1) is 18.0. The summed E-state index contributed by atoms with van der Waals surface area (Å²) >= 11 is 0. The van der Waals surface area contributed by atoms with E-state index in [-0.39, 0.29) is 41.7 Å². The first-order valence-electron chi connectivity index (χ1n) is 7.79. The smallest absolute Gasteiger partial charge is 0.417 e. The SMILES string of the molecule is CC(=O)NC[C@H]1COc2cc(F)cc(-c3ccccc3C(F)(F)F)c2O1. The molecule has 0 radical (unpaired) electrons. The molecule has 1 aliphatic rings. The first-order valence-corrected chi connectivity index (χ1v) is 7.79. The van der Waals surface area contributed by atoms with Crippen molar-refractivity contribution < 1.29 is 31.8 Å². The van der Waals surface area contributed by atoms with Crippen molar-refractivity contribution >= 4 is 5.91 Å². The molecule has 0 unspecified atom stereocenters. The number of nitrogens with one attached hydrogen (secondary N) is 1. The van der Waals surface area contributed by atoms with Crippen molar-refractivity contribution in [3.8, 4) is 22.6 Å². The molecule has 138 valence electrons. The van der Waals surface area contributed by atoms with Gasteiger partial charge in [0.2, 0.25) is 5.91 Å². The monoisotopic (exact) mass is 369 g/mol. The Balaban J connectivity index is 2.05. The van der Waals surface area contributed by atoms with Crippen molar-refractivity contribution in [1.29, 1.82) is 0 Å². The lowest BCUT2D eigenvalue weighted by Gasteiger charge is -2.29. The molecule has 0 saturated carbocycles. The number of ether oxygens (including phenoxy) is 2. The Morgan fingerprint density at radius 3 is 2.65 bits per heavy atom. The van der Waals surface area contributed by atoms with Crippen LogP contribution in [0, 0.1) is 5.82 Å². The maximum absolute atomic E-state index is 13.9. The van der Waals surface area contributed by atoms with E-state index in [0.29, 0.717) is 0 Å². The molecular weight excluding hydrogens is 354 g/mol. The van der Waals surface area contributed by atoms with Gasteiger partial charge in [-0.2, -0.15) is 13.2 Å². The van der Waals surface area contributed by atoms with Crippen LogP contribution in [-0.2, 0) is 11.0 Å². The van der Waals surface area contributed by atoms with Gasteiger partial charge in [-0.15, -0.1) is 0 Å². The number of fused-ring (bicyclic) bond motifs is 1. The number of carbonyl (C=O) groups is 1. The van der Waals surface area contributed by atoms with E-state index in [4.69, 9.17) is 9.47 Å². The Bertz CT molecular complexity index is 836. The summed E-state index contributed by atoms with van der Waals surface area (Å²) in [5.41, 5.74) is -1.17. The Morgan fingerprint density at radius 1 is 1.23 bits per heavy atom. The van der Waals surface area contributed by atoms with Crippen LogP contribution in [0.1, 0.15) is 12.5 Å². The molecule has 1 N–H and O–H groups in total. The van der Waals surface area contributed by atoms with E-state index >= 15 is 0 Å². The summed E-state index contributed by atoms with van der Waals surface area (Å²) in [6.07, 6.45) is -5.21. The van der Waals surface area contributed by atoms with Gasteiger partial charge in [-0.1, -0.05) is 18.2 Å². The van der Waals surface area contributed by atoms with E-state index in [2.05, 4.69) is 5.32 Å². The van der Waals surface area contributed by atoms with Gasteiger partial charge in [-0.3, -0.25) is 4.79 Å². The molecule has 1 heterocycles. The fraction of sp³-hybridized carbons (Fsp3) is 0.278. The van der Waals surface area contributed by atoms with Crippen LogP contribution in [0.25, 0.3) is 11.1 Å². The third kappa shape index (κ3) is 3.74. The molecule has 1 aliphatic heterocycles. The normalized spacial score (nSPS) is 16.3. The van der Waals surface area contributed by atoms with Crippen LogP contribution in [0.3, 0.4) is 0 Å². The zero-order chi connectivity index (χ0) is 18.9. The summed E-state index contributed by atoms with van der Waals surface area (Å²) in [6, 6.07) is 6.90. The molecule has 0 aliphatic carbocycles. The van der Waals surface area contributed by atoms with Crippen molar-refractivity contribution in [3.05, 3.63) is 47.8 Å². The summed E-state index contributed by atoms with van der Waals surface area (Å²) < 4.78 is 65.1. The van der Waals surface area contributed by atoms with Gasteiger partial charge >= 0.3 is 6.18 Å². The molecule has 1 amide bonds. The summed E-state index contributed by atoms with van der Waals surface area (Å²) in [7, 11) is 0. The van der Waals surface area contributed by atoms with Gasteiger partial charge in [0.05, 0.1) is 12.1 Å². The van der Waals surface area contributed by atoms with Crippen molar-refractivity contribution in [2.24, 2.45) is 0 Å². The molecule has 1 atom stereocenters. The highest BCUT2D eigenvalue weighted by Gasteiger charge is 2.35. The third-order valence-corrected chi connectivity index (χ3v) is 3.83. The second-order valence-electron chi connectivity index (χ2n) is 5.81. The number of halogens is 4. The lowest BCUT2D eigenvalue weighted by molar-refractivity contribution is -0.137. The second-order valence-corrected chi connectivity index (χ2v) is 5.81. The lowest BCUT2D eigenvalue weighted by atomic mass is 9.97. The van der Waals surface area contributed by atoms with E-state index in [1.54, 1.807) is 0 Å². The largest absolute Gasteiger partial charge is 0.486 e. The third-order valence-electron chi connectivity index (χ3n) is 3.83. The molecule has 8 heteroatoms. The molecule has 0 aromatic heterocycles. The van der Waals surface area contributed by atoms with Crippen LogP contribution in [-0.4, -0.2) is 25.2 Å². The Kier molecular flexibility index (Phi) is 4.76. The molecule has 4 nitrogen and oxygen atoms in total. The Labute approximate surface area is 146 Å². The molecule has 0 fully saturated rings. The van der Waals surface area contributed by atoms with Crippen molar-refractivity contribution in [1.82, 2.24) is 5.32 Å². The van der Waals surface area contributed by atoms with Crippen LogP contribution in [0.5, 0.6) is 11.5 Å². The van der Waals surface area contributed by atoms with Gasteiger partial charge in [0.15, 0.2) is 11.5 Å². The summed E-state index contributed by atoms with van der Waals surface area (Å²) in [5, 5.41) is 2.55. The zero-order valence-corrected chi connectivity index (χ0v) is 13.7. The Hall–Kier alpha value is -2.77. The number of alkyl halides is 3. The van der Waals surface area contributed by atoms with Crippen LogP contribution in [0.4, 0.5) is 17.6 Å². The number of amides is 1. The van der Waals surface area contributed by atoms with E-state index in [0.717, 1.165) is 18.2 Å². The minimum Gasteiger partial charge on any atom is -0.486 e. The fourth-order valence-corrected chi connectivity index (χ4v) is 2.70. The topological polar surface area (TPSA) is 47.6 Å². The second kappa shape index (κ2) is 6.86. The maximum Gasteiger partial charge on any atom is 0.417 e. The van der Waals surface area contributed by atoms with Gasteiger partial charge in [0.25, 0.3) is 0 Å². The highest BCUT2D eigenvalue weighted by Crippen LogP contribution is 2.45. The molecule has 0 spiro atoms. The van der Waals surface area contributed by atoms with Crippen molar-refractivity contribution in [2.45, 2.75) is 19.2 Å². The quantitative estimate of drug-likeness (QED) is 0.838. The molecule has 3 rings (SSSR count). The molecule has 2 aromatic carbocycles. The average Bonchev–Trinajstić information content (AvgIpc) is 2.58. The number of benzene rings is 2. The van der Waals surface area contributed by atoms with E-state index < -0.39 is 23.7 Å². The van der Waals surface area contributed by atoms with Crippen molar-refractivity contribution in [2.75, 3.05) is 13.2 Å². The van der Waals surface area contributed by atoms with Crippen LogP contribution in [0.2, 0.25) is 0 Å². The van der Waals surface area contributed by atoms with Gasteiger partial charge in [0.1, 0.15) is 18.5 Å². The molecule has 26 heavy (non-hydrogen) atoms. The standard InChI is InChI=1S/C18H15F4NO3/c1-10(24)23-8-12-9-25-16-7-11(19)6-14(17(16)26-12)13-4-2-3-5-15(13)18(20,21)22/h2-7,12H,8-9H2,1H3,(H,23,24)/t12-/m0/s1. The van der Waals surface area contributed by atoms with Crippen LogP contribution >= 0.6 is 0 Å².